The fraction of sp³-hybridized carbons (Fsp3) is 0.571. The Morgan fingerprint density at radius 2 is 2.18 bits per heavy atom. The molecule has 3 heteroatoms. The number of hydrogen-bond acceptors (Lipinski definition) is 2. The molecule has 1 atom stereocenters. The van der Waals surface area contributed by atoms with Gasteiger partial charge in [0.15, 0.2) is 0 Å². The van der Waals surface area contributed by atoms with E-state index in [-0.39, 0.29) is 5.54 Å². The first-order chi connectivity index (χ1) is 8.15. The number of piperidine rings is 1. The Labute approximate surface area is 109 Å². The zero-order valence-corrected chi connectivity index (χ0v) is 11.4. The van der Waals surface area contributed by atoms with E-state index in [2.05, 4.69) is 36.4 Å². The summed E-state index contributed by atoms with van der Waals surface area (Å²) in [6, 6.07) is 8.17. The van der Waals surface area contributed by atoms with E-state index in [1.54, 1.807) is 0 Å². The minimum Gasteiger partial charge on any atom is -0.313 e. The standard InChI is InChI=1S/C14H21ClN2/c1-16-14(8-5-9-17(2)11-14)10-12-6-3-4-7-13(12)15/h3-4,6-7,16H,5,8-11H2,1-2H3. The maximum absolute atomic E-state index is 6.26. The summed E-state index contributed by atoms with van der Waals surface area (Å²) in [6.45, 7) is 2.29. The van der Waals surface area contributed by atoms with E-state index in [9.17, 15) is 0 Å². The number of hydrogen-bond donors (Lipinski definition) is 1. The van der Waals surface area contributed by atoms with Gasteiger partial charge in [0.1, 0.15) is 0 Å². The average Bonchev–Trinajstić information content (AvgIpc) is 2.32. The molecule has 1 unspecified atom stereocenters. The molecule has 1 fully saturated rings. The van der Waals surface area contributed by atoms with Crippen LogP contribution in [0.5, 0.6) is 0 Å². The smallest absolute Gasteiger partial charge is 0.0438 e. The molecule has 1 N–H and O–H groups in total. The van der Waals surface area contributed by atoms with Crippen LogP contribution in [0, 0.1) is 0 Å². The van der Waals surface area contributed by atoms with Crippen molar-refractivity contribution in [3.8, 4) is 0 Å². The van der Waals surface area contributed by atoms with Crippen molar-refractivity contribution in [2.24, 2.45) is 0 Å². The number of rotatable bonds is 3. The molecule has 0 spiro atoms. The van der Waals surface area contributed by atoms with Crippen LogP contribution in [-0.4, -0.2) is 37.6 Å². The van der Waals surface area contributed by atoms with E-state index >= 15 is 0 Å². The highest BCUT2D eigenvalue weighted by Gasteiger charge is 2.33. The van der Waals surface area contributed by atoms with Gasteiger partial charge in [-0.3, -0.25) is 0 Å². The predicted molar refractivity (Wildman–Crippen MR) is 73.7 cm³/mol. The molecule has 94 valence electrons. The highest BCUT2D eigenvalue weighted by molar-refractivity contribution is 6.31. The summed E-state index contributed by atoms with van der Waals surface area (Å²) >= 11 is 6.26. The van der Waals surface area contributed by atoms with Crippen molar-refractivity contribution in [2.75, 3.05) is 27.2 Å². The molecule has 1 aliphatic heterocycles. The highest BCUT2D eigenvalue weighted by Crippen LogP contribution is 2.27. The molecule has 0 radical (unpaired) electrons. The molecule has 1 aromatic rings. The summed E-state index contributed by atoms with van der Waals surface area (Å²) in [5.74, 6) is 0. The van der Waals surface area contributed by atoms with Crippen molar-refractivity contribution < 1.29 is 0 Å². The molecule has 2 rings (SSSR count). The van der Waals surface area contributed by atoms with Gasteiger partial charge in [0.05, 0.1) is 0 Å². The van der Waals surface area contributed by atoms with Crippen molar-refractivity contribution in [3.05, 3.63) is 34.9 Å². The van der Waals surface area contributed by atoms with Crippen LogP contribution in [0.4, 0.5) is 0 Å². The average molecular weight is 253 g/mol. The molecule has 1 aromatic carbocycles. The normalized spacial score (nSPS) is 26.1. The Morgan fingerprint density at radius 3 is 2.82 bits per heavy atom. The van der Waals surface area contributed by atoms with Crippen molar-refractivity contribution in [3.63, 3.8) is 0 Å². The van der Waals surface area contributed by atoms with Gasteiger partial charge in [0.2, 0.25) is 0 Å². The van der Waals surface area contributed by atoms with Crippen LogP contribution in [0.2, 0.25) is 5.02 Å². The number of benzene rings is 1. The Bertz CT molecular complexity index is 380. The highest BCUT2D eigenvalue weighted by atomic mass is 35.5. The van der Waals surface area contributed by atoms with Gasteiger partial charge in [-0.25, -0.2) is 0 Å². The van der Waals surface area contributed by atoms with E-state index in [1.807, 2.05) is 12.1 Å². The van der Waals surface area contributed by atoms with Gasteiger partial charge in [-0.2, -0.15) is 0 Å². The molecule has 0 bridgehead atoms. The third-order valence-electron chi connectivity index (χ3n) is 3.78. The fourth-order valence-corrected chi connectivity index (χ4v) is 3.01. The Balaban J connectivity index is 2.17. The number of likely N-dealkylation sites (N-methyl/N-ethyl adjacent to an activating group) is 2. The second-order valence-corrected chi connectivity index (χ2v) is 5.55. The first kappa shape index (κ1) is 12.9. The maximum Gasteiger partial charge on any atom is 0.0438 e. The molecule has 17 heavy (non-hydrogen) atoms. The van der Waals surface area contributed by atoms with Gasteiger partial charge >= 0.3 is 0 Å². The number of halogens is 1. The molecule has 1 heterocycles. The largest absolute Gasteiger partial charge is 0.313 e. The van der Waals surface area contributed by atoms with Gasteiger partial charge in [-0.1, -0.05) is 29.8 Å². The second-order valence-electron chi connectivity index (χ2n) is 5.14. The van der Waals surface area contributed by atoms with Crippen molar-refractivity contribution in [2.45, 2.75) is 24.8 Å². The van der Waals surface area contributed by atoms with Crippen LogP contribution < -0.4 is 5.32 Å². The third-order valence-corrected chi connectivity index (χ3v) is 4.15. The summed E-state index contributed by atoms with van der Waals surface area (Å²) in [5, 5.41) is 4.41. The summed E-state index contributed by atoms with van der Waals surface area (Å²) in [7, 11) is 4.26. The van der Waals surface area contributed by atoms with Crippen LogP contribution in [0.25, 0.3) is 0 Å². The first-order valence-electron chi connectivity index (χ1n) is 6.26. The van der Waals surface area contributed by atoms with E-state index in [4.69, 9.17) is 11.6 Å². The van der Waals surface area contributed by atoms with E-state index in [0.29, 0.717) is 0 Å². The van der Waals surface area contributed by atoms with Crippen LogP contribution in [0.1, 0.15) is 18.4 Å². The number of likely N-dealkylation sites (tertiary alicyclic amines) is 1. The molecule has 0 aromatic heterocycles. The molecule has 1 saturated heterocycles. The van der Waals surface area contributed by atoms with Crippen molar-refractivity contribution >= 4 is 11.6 Å². The molecule has 1 aliphatic rings. The van der Waals surface area contributed by atoms with Gasteiger partial charge in [-0.15, -0.1) is 0 Å². The van der Waals surface area contributed by atoms with Gasteiger partial charge in [0, 0.05) is 17.1 Å². The monoisotopic (exact) mass is 252 g/mol. The predicted octanol–water partition coefficient (Wildman–Crippen LogP) is 2.57. The Hall–Kier alpha value is -0.570. The van der Waals surface area contributed by atoms with E-state index < -0.39 is 0 Å². The fourth-order valence-electron chi connectivity index (χ4n) is 2.81. The van der Waals surface area contributed by atoms with Gasteiger partial charge in [0.25, 0.3) is 0 Å². The second kappa shape index (κ2) is 5.38. The molecule has 0 saturated carbocycles. The SMILES string of the molecule is CNC1(Cc2ccccc2Cl)CCCN(C)C1. The van der Waals surface area contributed by atoms with E-state index in [1.165, 1.54) is 24.9 Å². The molecule has 0 amide bonds. The lowest BCUT2D eigenvalue weighted by Gasteiger charge is -2.42. The summed E-state index contributed by atoms with van der Waals surface area (Å²) in [5.41, 5.74) is 1.43. The quantitative estimate of drug-likeness (QED) is 0.890. The van der Waals surface area contributed by atoms with Gasteiger partial charge < -0.3 is 10.2 Å². The third kappa shape index (κ3) is 3.01. The van der Waals surface area contributed by atoms with Crippen LogP contribution in [0.3, 0.4) is 0 Å². The molecular weight excluding hydrogens is 232 g/mol. The topological polar surface area (TPSA) is 15.3 Å². The minimum absolute atomic E-state index is 0.179. The van der Waals surface area contributed by atoms with Gasteiger partial charge in [-0.05, 0) is 51.5 Å². The summed E-state index contributed by atoms with van der Waals surface area (Å²) < 4.78 is 0. The number of nitrogens with zero attached hydrogens (tertiary/aromatic N) is 1. The Morgan fingerprint density at radius 1 is 1.41 bits per heavy atom. The lowest BCUT2D eigenvalue weighted by atomic mass is 9.83. The first-order valence-corrected chi connectivity index (χ1v) is 6.64. The van der Waals surface area contributed by atoms with Crippen molar-refractivity contribution in [1.82, 2.24) is 10.2 Å². The number of nitrogens with one attached hydrogen (secondary N) is 1. The molecular formula is C14H21ClN2. The minimum atomic E-state index is 0.179. The molecule has 0 aliphatic carbocycles. The summed E-state index contributed by atoms with van der Waals surface area (Å²) in [4.78, 5) is 2.40. The zero-order valence-electron chi connectivity index (χ0n) is 10.7. The lowest BCUT2D eigenvalue weighted by molar-refractivity contribution is 0.151. The lowest BCUT2D eigenvalue weighted by Crippen LogP contribution is -2.56. The summed E-state index contributed by atoms with van der Waals surface area (Å²) in [6.07, 6.45) is 3.48. The Kier molecular flexibility index (Phi) is 4.08. The van der Waals surface area contributed by atoms with Crippen LogP contribution in [-0.2, 0) is 6.42 Å². The van der Waals surface area contributed by atoms with Crippen molar-refractivity contribution in [1.29, 1.82) is 0 Å². The molecule has 2 nitrogen and oxygen atoms in total. The zero-order chi connectivity index (χ0) is 12.3. The van der Waals surface area contributed by atoms with Crippen LogP contribution in [0.15, 0.2) is 24.3 Å². The maximum atomic E-state index is 6.26. The van der Waals surface area contributed by atoms with Crippen LogP contribution >= 0.6 is 11.6 Å². The van der Waals surface area contributed by atoms with E-state index in [0.717, 1.165) is 18.0 Å².